The quantitative estimate of drug-likeness (QED) is 0.415. The molecule has 9 heteroatoms. The highest BCUT2D eigenvalue weighted by Crippen LogP contribution is 2.25. The summed E-state index contributed by atoms with van der Waals surface area (Å²) in [5.74, 6) is -2.85. The fourth-order valence-electron chi connectivity index (χ4n) is 3.87. The van der Waals surface area contributed by atoms with Gasteiger partial charge < -0.3 is 15.2 Å². The molecule has 1 aromatic carbocycles. The lowest BCUT2D eigenvalue weighted by Gasteiger charge is -2.25. The van der Waals surface area contributed by atoms with Crippen molar-refractivity contribution in [3.8, 4) is 6.07 Å². The molecule has 2 aromatic heterocycles. The number of nitrogens with one attached hydrogen (secondary N) is 2. The number of carbonyl (C=O) groups excluding carboxylic acids is 3. The van der Waals surface area contributed by atoms with Crippen LogP contribution in [0.4, 0.5) is 10.1 Å². The summed E-state index contributed by atoms with van der Waals surface area (Å²) >= 11 is 0. The smallest absolute Gasteiger partial charge is 0.293 e. The number of Topliss-reactive ketones (excluding diaryl/α,β-unsaturated/α-hetero) is 1. The van der Waals surface area contributed by atoms with Gasteiger partial charge in [-0.25, -0.2) is 4.39 Å². The lowest BCUT2D eigenvalue weighted by molar-refractivity contribution is -0.118. The van der Waals surface area contributed by atoms with Crippen molar-refractivity contribution in [2.75, 3.05) is 5.32 Å². The number of hydrogen-bond donors (Lipinski definition) is 2. The van der Waals surface area contributed by atoms with Crippen LogP contribution in [0, 0.1) is 37.9 Å². The van der Waals surface area contributed by atoms with Gasteiger partial charge in [-0.05, 0) is 70.0 Å². The zero-order chi connectivity index (χ0) is 26.1. The zero-order valence-corrected chi connectivity index (χ0v) is 20.4. The number of nitrogens with zero attached hydrogens (tertiary/aromatic N) is 3. The van der Waals surface area contributed by atoms with Gasteiger partial charge in [-0.1, -0.05) is 6.07 Å². The standard InChI is InChI=1S/C26H26FN5O3/c1-14-7-10-20(29-13-14)26(4,5)31-25(35)23(33)21-15(2)22(32(6)16(21)3)24(34)30-18-8-9-19(27)17(11-18)12-28/h7-11,13H,1-6H3,(H,30,34)(H,31,35). The Labute approximate surface area is 202 Å². The minimum atomic E-state index is -0.904. The molecule has 0 spiro atoms. The summed E-state index contributed by atoms with van der Waals surface area (Å²) in [5, 5.41) is 14.4. The van der Waals surface area contributed by atoms with Crippen LogP contribution in [0.2, 0.25) is 0 Å². The van der Waals surface area contributed by atoms with Gasteiger partial charge in [0.25, 0.3) is 17.6 Å². The van der Waals surface area contributed by atoms with Gasteiger partial charge in [-0.3, -0.25) is 19.4 Å². The minimum absolute atomic E-state index is 0.125. The highest BCUT2D eigenvalue weighted by Gasteiger charge is 2.32. The van der Waals surface area contributed by atoms with Gasteiger partial charge in [0, 0.05) is 24.6 Å². The molecule has 0 radical (unpaired) electrons. The first-order chi connectivity index (χ1) is 16.4. The molecule has 8 nitrogen and oxygen atoms in total. The molecule has 2 N–H and O–H groups in total. The van der Waals surface area contributed by atoms with Gasteiger partial charge in [0.1, 0.15) is 17.6 Å². The first-order valence-electron chi connectivity index (χ1n) is 10.8. The van der Waals surface area contributed by atoms with Crippen LogP contribution >= 0.6 is 0 Å². The molecule has 2 amide bonds. The van der Waals surface area contributed by atoms with E-state index in [0.29, 0.717) is 17.0 Å². The van der Waals surface area contributed by atoms with Crippen LogP contribution in [0.25, 0.3) is 0 Å². The van der Waals surface area contributed by atoms with Gasteiger partial charge in [-0.15, -0.1) is 0 Å². The Bertz CT molecular complexity index is 1380. The monoisotopic (exact) mass is 475 g/mol. The van der Waals surface area contributed by atoms with Crippen molar-refractivity contribution in [1.29, 1.82) is 5.26 Å². The maximum Gasteiger partial charge on any atom is 0.293 e. The molecule has 3 aromatic rings. The fourth-order valence-corrected chi connectivity index (χ4v) is 3.87. The third-order valence-corrected chi connectivity index (χ3v) is 5.90. The average molecular weight is 476 g/mol. The van der Waals surface area contributed by atoms with Crippen molar-refractivity contribution in [2.45, 2.75) is 40.2 Å². The Morgan fingerprint density at radius 1 is 1.11 bits per heavy atom. The van der Waals surface area contributed by atoms with Gasteiger partial charge in [0.05, 0.1) is 22.4 Å². The molecule has 0 aliphatic rings. The second kappa shape index (κ2) is 9.50. The molecule has 2 heterocycles. The highest BCUT2D eigenvalue weighted by molar-refractivity contribution is 6.43. The predicted molar refractivity (Wildman–Crippen MR) is 128 cm³/mol. The topological polar surface area (TPSA) is 117 Å². The summed E-state index contributed by atoms with van der Waals surface area (Å²) in [6, 6.07) is 9.02. The fraction of sp³-hybridized carbons (Fsp3) is 0.269. The number of pyridine rings is 1. The minimum Gasteiger partial charge on any atom is -0.343 e. The normalized spacial score (nSPS) is 11.0. The Morgan fingerprint density at radius 2 is 1.80 bits per heavy atom. The first kappa shape index (κ1) is 25.3. The SMILES string of the molecule is Cc1ccc(C(C)(C)NC(=O)C(=O)c2c(C)c(C(=O)Nc3ccc(F)c(C#N)c3)n(C)c2C)nc1. The maximum atomic E-state index is 13.6. The molecule has 0 fully saturated rings. The number of nitriles is 1. The van der Waals surface area contributed by atoms with Crippen LogP contribution in [0.15, 0.2) is 36.5 Å². The van der Waals surface area contributed by atoms with E-state index in [2.05, 4.69) is 15.6 Å². The van der Waals surface area contributed by atoms with Crippen LogP contribution in [0.3, 0.4) is 0 Å². The number of aromatic nitrogens is 2. The molecule has 3 rings (SSSR count). The Balaban J connectivity index is 1.87. The van der Waals surface area contributed by atoms with Crippen LogP contribution in [0.5, 0.6) is 0 Å². The molecular formula is C26H26FN5O3. The Kier molecular flexibility index (Phi) is 6.87. The first-order valence-corrected chi connectivity index (χ1v) is 10.8. The summed E-state index contributed by atoms with van der Waals surface area (Å²) in [5.41, 5.74) is 1.75. The number of amides is 2. The molecule has 0 aliphatic carbocycles. The second-order valence-electron chi connectivity index (χ2n) is 8.88. The number of carbonyl (C=O) groups is 3. The summed E-state index contributed by atoms with van der Waals surface area (Å²) in [7, 11) is 1.61. The van der Waals surface area contributed by atoms with Crippen LogP contribution in [0.1, 0.15) is 62.8 Å². The number of rotatable bonds is 6. The van der Waals surface area contributed by atoms with Gasteiger partial charge >= 0.3 is 0 Å². The summed E-state index contributed by atoms with van der Waals surface area (Å²) in [6.07, 6.45) is 1.68. The number of aryl methyl sites for hydroxylation is 1. The van der Waals surface area contributed by atoms with Crippen molar-refractivity contribution in [3.63, 3.8) is 0 Å². The molecule has 0 saturated carbocycles. The van der Waals surface area contributed by atoms with Crippen molar-refractivity contribution in [3.05, 3.63) is 81.7 Å². The van der Waals surface area contributed by atoms with Crippen LogP contribution in [-0.2, 0) is 17.4 Å². The van der Waals surface area contributed by atoms with Gasteiger partial charge in [0.2, 0.25) is 0 Å². The highest BCUT2D eigenvalue weighted by atomic mass is 19.1. The van der Waals surface area contributed by atoms with E-state index >= 15 is 0 Å². The van der Waals surface area contributed by atoms with Crippen molar-refractivity contribution >= 4 is 23.3 Å². The van der Waals surface area contributed by atoms with E-state index in [4.69, 9.17) is 5.26 Å². The van der Waals surface area contributed by atoms with Crippen molar-refractivity contribution < 1.29 is 18.8 Å². The molecule has 180 valence electrons. The molecule has 0 atom stereocenters. The van der Waals surface area contributed by atoms with E-state index < -0.39 is 29.0 Å². The van der Waals surface area contributed by atoms with E-state index in [-0.39, 0.29) is 22.5 Å². The molecule has 0 aliphatic heterocycles. The Hall–Kier alpha value is -4.32. The van der Waals surface area contributed by atoms with E-state index in [9.17, 15) is 18.8 Å². The third kappa shape index (κ3) is 4.96. The largest absolute Gasteiger partial charge is 0.343 e. The van der Waals surface area contributed by atoms with Crippen molar-refractivity contribution in [1.82, 2.24) is 14.9 Å². The Morgan fingerprint density at radius 3 is 2.40 bits per heavy atom. The van der Waals surface area contributed by atoms with Crippen LogP contribution in [-0.4, -0.2) is 27.1 Å². The zero-order valence-electron chi connectivity index (χ0n) is 20.4. The third-order valence-electron chi connectivity index (χ3n) is 5.90. The lowest BCUT2D eigenvalue weighted by atomic mass is 9.97. The second-order valence-corrected chi connectivity index (χ2v) is 8.88. The van der Waals surface area contributed by atoms with E-state index in [1.165, 1.54) is 16.7 Å². The van der Waals surface area contributed by atoms with E-state index in [1.54, 1.807) is 53.1 Å². The summed E-state index contributed by atoms with van der Waals surface area (Å²) < 4.78 is 15.1. The summed E-state index contributed by atoms with van der Waals surface area (Å²) in [6.45, 7) is 8.62. The molecular weight excluding hydrogens is 449 g/mol. The maximum absolute atomic E-state index is 13.6. The number of ketones is 1. The number of benzene rings is 1. The predicted octanol–water partition coefficient (Wildman–Crippen LogP) is 3.84. The molecule has 0 saturated heterocycles. The van der Waals surface area contributed by atoms with Gasteiger partial charge in [0.15, 0.2) is 0 Å². The van der Waals surface area contributed by atoms with Gasteiger partial charge in [-0.2, -0.15) is 5.26 Å². The molecule has 0 bridgehead atoms. The molecule has 0 unspecified atom stereocenters. The average Bonchev–Trinajstić information content (AvgIpc) is 3.02. The number of hydrogen-bond acceptors (Lipinski definition) is 5. The van der Waals surface area contributed by atoms with Crippen molar-refractivity contribution in [2.24, 2.45) is 7.05 Å². The van der Waals surface area contributed by atoms with Crippen LogP contribution < -0.4 is 10.6 Å². The van der Waals surface area contributed by atoms with E-state index in [1.807, 2.05) is 13.0 Å². The number of anilines is 1. The lowest BCUT2D eigenvalue weighted by Crippen LogP contribution is -2.45. The molecule has 35 heavy (non-hydrogen) atoms. The van der Waals surface area contributed by atoms with E-state index in [0.717, 1.165) is 11.6 Å². The summed E-state index contributed by atoms with van der Waals surface area (Å²) in [4.78, 5) is 43.4. The number of halogens is 1.